The van der Waals surface area contributed by atoms with Crippen molar-refractivity contribution >= 4 is 5.69 Å². The molecule has 1 heterocycles. The van der Waals surface area contributed by atoms with Gasteiger partial charge >= 0.3 is 6.18 Å². The van der Waals surface area contributed by atoms with Gasteiger partial charge in [0.25, 0.3) is 0 Å². The minimum absolute atomic E-state index is 0.0213. The van der Waals surface area contributed by atoms with Crippen molar-refractivity contribution < 1.29 is 22.0 Å². The summed E-state index contributed by atoms with van der Waals surface area (Å²) in [5.74, 6) is -1.47. The highest BCUT2D eigenvalue weighted by atomic mass is 19.4. The minimum Gasteiger partial charge on any atom is -0.364 e. The number of alkyl halides is 3. The smallest absolute Gasteiger partial charge is 0.364 e. The van der Waals surface area contributed by atoms with Crippen LogP contribution in [0.2, 0.25) is 0 Å². The average molecular weight is 309 g/mol. The SMILES string of the molecule is NCc1cc(F)c(N2CCN(CC(F)(F)F)CC2)c(F)c1. The summed E-state index contributed by atoms with van der Waals surface area (Å²) < 4.78 is 64.7. The molecule has 2 rings (SSSR count). The van der Waals surface area contributed by atoms with Gasteiger partial charge in [-0.05, 0) is 17.7 Å². The first kappa shape index (κ1) is 16.0. The zero-order valence-electron chi connectivity index (χ0n) is 11.3. The molecule has 1 aromatic rings. The summed E-state index contributed by atoms with van der Waals surface area (Å²) >= 11 is 0. The summed E-state index contributed by atoms with van der Waals surface area (Å²) in [7, 11) is 0. The van der Waals surface area contributed by atoms with Crippen molar-refractivity contribution in [3.63, 3.8) is 0 Å². The molecule has 1 saturated heterocycles. The standard InChI is InChI=1S/C13H16F5N3/c14-10-5-9(7-19)6-11(15)12(10)21-3-1-20(2-4-21)8-13(16,17)18/h5-6H,1-4,7-8,19H2. The Hall–Kier alpha value is -1.41. The van der Waals surface area contributed by atoms with E-state index < -0.39 is 24.4 Å². The van der Waals surface area contributed by atoms with Gasteiger partial charge in [0, 0.05) is 32.7 Å². The second kappa shape index (κ2) is 6.15. The Bertz CT molecular complexity index is 472. The number of halogens is 5. The molecule has 2 N–H and O–H groups in total. The predicted octanol–water partition coefficient (Wildman–Crippen LogP) is 2.11. The fourth-order valence-electron chi connectivity index (χ4n) is 2.42. The van der Waals surface area contributed by atoms with E-state index in [-0.39, 0.29) is 38.4 Å². The van der Waals surface area contributed by atoms with E-state index in [1.807, 2.05) is 0 Å². The van der Waals surface area contributed by atoms with Crippen molar-refractivity contribution in [1.29, 1.82) is 0 Å². The molecule has 1 aliphatic rings. The first-order valence-corrected chi connectivity index (χ1v) is 6.52. The van der Waals surface area contributed by atoms with Gasteiger partial charge in [0.05, 0.1) is 6.54 Å². The monoisotopic (exact) mass is 309 g/mol. The van der Waals surface area contributed by atoms with Crippen LogP contribution in [0.4, 0.5) is 27.6 Å². The van der Waals surface area contributed by atoms with Crippen molar-refractivity contribution in [2.24, 2.45) is 5.73 Å². The van der Waals surface area contributed by atoms with Crippen LogP contribution in [-0.2, 0) is 6.54 Å². The van der Waals surface area contributed by atoms with E-state index >= 15 is 0 Å². The number of benzene rings is 1. The van der Waals surface area contributed by atoms with E-state index in [0.717, 1.165) is 12.1 Å². The van der Waals surface area contributed by atoms with Crippen molar-refractivity contribution in [2.75, 3.05) is 37.6 Å². The highest BCUT2D eigenvalue weighted by Gasteiger charge is 2.32. The molecule has 0 aromatic heterocycles. The van der Waals surface area contributed by atoms with Gasteiger partial charge in [0.2, 0.25) is 0 Å². The lowest BCUT2D eigenvalue weighted by Crippen LogP contribution is -2.49. The Kier molecular flexibility index (Phi) is 4.67. The number of anilines is 1. The third-order valence-corrected chi connectivity index (χ3v) is 3.40. The van der Waals surface area contributed by atoms with Crippen LogP contribution in [-0.4, -0.2) is 43.8 Å². The molecule has 1 fully saturated rings. The lowest BCUT2D eigenvalue weighted by molar-refractivity contribution is -0.146. The molecule has 1 aromatic carbocycles. The fourth-order valence-corrected chi connectivity index (χ4v) is 2.42. The van der Waals surface area contributed by atoms with Crippen LogP contribution in [0.3, 0.4) is 0 Å². The first-order valence-electron chi connectivity index (χ1n) is 6.52. The third-order valence-electron chi connectivity index (χ3n) is 3.40. The Morgan fingerprint density at radius 3 is 1.95 bits per heavy atom. The first-order chi connectivity index (χ1) is 9.80. The zero-order chi connectivity index (χ0) is 15.6. The molecule has 0 atom stereocenters. The number of hydrogen-bond donors (Lipinski definition) is 1. The van der Waals surface area contributed by atoms with E-state index in [2.05, 4.69) is 0 Å². The van der Waals surface area contributed by atoms with Crippen molar-refractivity contribution in [3.05, 3.63) is 29.3 Å². The lowest BCUT2D eigenvalue weighted by Gasteiger charge is -2.36. The topological polar surface area (TPSA) is 32.5 Å². The molecule has 0 spiro atoms. The maximum absolute atomic E-state index is 13.9. The summed E-state index contributed by atoms with van der Waals surface area (Å²) in [6.45, 7) is -0.475. The van der Waals surface area contributed by atoms with Crippen LogP contribution in [0.15, 0.2) is 12.1 Å². The Morgan fingerprint density at radius 2 is 1.52 bits per heavy atom. The zero-order valence-corrected chi connectivity index (χ0v) is 11.3. The Balaban J connectivity index is 2.06. The Labute approximate surface area is 119 Å². The van der Waals surface area contributed by atoms with Crippen LogP contribution in [0, 0.1) is 11.6 Å². The number of piperazine rings is 1. The van der Waals surface area contributed by atoms with Gasteiger partial charge in [0.1, 0.15) is 17.3 Å². The molecule has 0 saturated carbocycles. The van der Waals surface area contributed by atoms with Crippen molar-refractivity contribution in [2.45, 2.75) is 12.7 Å². The summed E-state index contributed by atoms with van der Waals surface area (Å²) in [5.41, 5.74) is 5.47. The second-order valence-corrected chi connectivity index (χ2v) is 4.99. The molecular formula is C13H16F5N3. The third kappa shape index (κ3) is 4.04. The minimum atomic E-state index is -4.26. The summed E-state index contributed by atoms with van der Waals surface area (Å²) in [6.07, 6.45) is -4.26. The normalized spacial score (nSPS) is 17.3. The van der Waals surface area contributed by atoms with E-state index in [9.17, 15) is 22.0 Å². The molecule has 1 aliphatic heterocycles. The van der Waals surface area contributed by atoms with E-state index in [1.165, 1.54) is 9.80 Å². The summed E-state index contributed by atoms with van der Waals surface area (Å²) in [6, 6.07) is 2.31. The number of nitrogens with zero attached hydrogens (tertiary/aromatic N) is 2. The predicted molar refractivity (Wildman–Crippen MR) is 69.0 cm³/mol. The van der Waals surface area contributed by atoms with Crippen LogP contribution >= 0.6 is 0 Å². The molecule has 21 heavy (non-hydrogen) atoms. The van der Waals surface area contributed by atoms with Gasteiger partial charge in [0.15, 0.2) is 0 Å². The molecule has 0 aliphatic carbocycles. The lowest BCUT2D eigenvalue weighted by atomic mass is 10.1. The summed E-state index contributed by atoms with van der Waals surface area (Å²) in [5, 5.41) is 0. The van der Waals surface area contributed by atoms with Gasteiger partial charge in [-0.1, -0.05) is 0 Å². The maximum atomic E-state index is 13.9. The van der Waals surface area contributed by atoms with Gasteiger partial charge in [-0.25, -0.2) is 8.78 Å². The van der Waals surface area contributed by atoms with Gasteiger partial charge in [-0.15, -0.1) is 0 Å². The molecule has 8 heteroatoms. The van der Waals surface area contributed by atoms with Gasteiger partial charge in [-0.3, -0.25) is 4.90 Å². The van der Waals surface area contributed by atoms with Crippen LogP contribution in [0.25, 0.3) is 0 Å². The molecule has 118 valence electrons. The van der Waals surface area contributed by atoms with Crippen LogP contribution < -0.4 is 10.6 Å². The van der Waals surface area contributed by atoms with Crippen molar-refractivity contribution in [3.8, 4) is 0 Å². The fraction of sp³-hybridized carbons (Fsp3) is 0.538. The van der Waals surface area contributed by atoms with E-state index in [0.29, 0.717) is 5.56 Å². The highest BCUT2D eigenvalue weighted by Crippen LogP contribution is 2.26. The quantitative estimate of drug-likeness (QED) is 0.868. The van der Waals surface area contributed by atoms with Gasteiger partial charge < -0.3 is 10.6 Å². The largest absolute Gasteiger partial charge is 0.401 e. The van der Waals surface area contributed by atoms with Crippen LogP contribution in [0.1, 0.15) is 5.56 Å². The number of rotatable bonds is 3. The van der Waals surface area contributed by atoms with Crippen molar-refractivity contribution in [1.82, 2.24) is 4.90 Å². The molecule has 0 amide bonds. The molecule has 0 radical (unpaired) electrons. The van der Waals surface area contributed by atoms with E-state index in [1.54, 1.807) is 0 Å². The molecular weight excluding hydrogens is 293 g/mol. The molecule has 3 nitrogen and oxygen atoms in total. The second-order valence-electron chi connectivity index (χ2n) is 4.99. The average Bonchev–Trinajstić information content (AvgIpc) is 2.38. The number of hydrogen-bond acceptors (Lipinski definition) is 3. The summed E-state index contributed by atoms with van der Waals surface area (Å²) in [4.78, 5) is 2.65. The van der Waals surface area contributed by atoms with Crippen LogP contribution in [0.5, 0.6) is 0 Å². The van der Waals surface area contributed by atoms with Gasteiger partial charge in [-0.2, -0.15) is 13.2 Å². The maximum Gasteiger partial charge on any atom is 0.401 e. The Morgan fingerprint density at radius 1 is 1.00 bits per heavy atom. The van der Waals surface area contributed by atoms with E-state index in [4.69, 9.17) is 5.73 Å². The highest BCUT2D eigenvalue weighted by molar-refractivity contribution is 5.51. The number of nitrogens with two attached hydrogens (primary N) is 1. The molecule has 0 bridgehead atoms. The molecule has 0 unspecified atom stereocenters.